The number of fused-ring (bicyclic) bond motifs is 1. The number of H-pyrrole nitrogens is 1. The van der Waals surface area contributed by atoms with Crippen molar-refractivity contribution in [1.29, 1.82) is 0 Å². The fraction of sp³-hybridized carbons (Fsp3) is 0.824. The number of hydrogen-bond donors (Lipinski definition) is 4. The van der Waals surface area contributed by atoms with Gasteiger partial charge in [0.25, 0.3) is 0 Å². The van der Waals surface area contributed by atoms with Gasteiger partial charge in [0, 0.05) is 18.3 Å². The third-order valence-corrected chi connectivity index (χ3v) is 7.53. The molecular formula is C17H26N6O4S. The number of aliphatic carboxylic acids is 2. The second-order valence-corrected chi connectivity index (χ2v) is 9.51. The normalized spacial score (nSPS) is 36.1. The fourth-order valence-corrected chi connectivity index (χ4v) is 6.15. The highest BCUT2D eigenvalue weighted by Crippen LogP contribution is 2.40. The summed E-state index contributed by atoms with van der Waals surface area (Å²) in [6.45, 7) is 2.24. The largest absolute Gasteiger partial charge is 0.480 e. The summed E-state index contributed by atoms with van der Waals surface area (Å²) in [5.74, 6) is -0.167. The molecule has 6 atom stereocenters. The second-order valence-electron chi connectivity index (χ2n) is 8.22. The average Bonchev–Trinajstić information content (AvgIpc) is 3.31. The number of likely N-dealkylation sites (tertiary alicyclic amines) is 1. The quantitative estimate of drug-likeness (QED) is 0.516. The van der Waals surface area contributed by atoms with Crippen molar-refractivity contribution >= 4 is 23.7 Å². The van der Waals surface area contributed by atoms with Gasteiger partial charge in [-0.05, 0) is 66.8 Å². The van der Waals surface area contributed by atoms with Gasteiger partial charge in [0.2, 0.25) is 5.16 Å². The average molecular weight is 411 g/mol. The first-order valence-electron chi connectivity index (χ1n) is 9.83. The smallest absolute Gasteiger partial charge is 0.320 e. The third-order valence-electron chi connectivity index (χ3n) is 6.46. The van der Waals surface area contributed by atoms with Crippen molar-refractivity contribution in [1.82, 2.24) is 30.8 Å². The highest BCUT2D eigenvalue weighted by atomic mass is 32.2. The van der Waals surface area contributed by atoms with Gasteiger partial charge in [-0.15, -0.1) is 5.10 Å². The van der Waals surface area contributed by atoms with E-state index < -0.39 is 24.0 Å². The Morgan fingerprint density at radius 2 is 2.00 bits per heavy atom. The molecule has 1 aliphatic carbocycles. The maximum Gasteiger partial charge on any atom is 0.320 e. The lowest BCUT2D eigenvalue weighted by molar-refractivity contribution is -0.143. The first-order chi connectivity index (χ1) is 13.5. The third kappa shape index (κ3) is 4.31. The number of aromatic amines is 1. The molecule has 1 saturated carbocycles. The zero-order valence-corrected chi connectivity index (χ0v) is 16.3. The summed E-state index contributed by atoms with van der Waals surface area (Å²) < 4.78 is 0. The zero-order chi connectivity index (χ0) is 19.7. The standard InChI is InChI=1S/C17H26N6O4S/c24-15(25)13-4-11-3-9(1-2-10(11)6-18-13)7-23-8-12(5-14(23)16(26)27)28-17-19-21-22-20-17/h9-14,18H,1-8H2,(H,24,25)(H,26,27)(H,19,20,21,22)/t9?,10?,11?,12-,13?,14-/m0/s1. The summed E-state index contributed by atoms with van der Waals surface area (Å²) in [4.78, 5) is 25.2. The van der Waals surface area contributed by atoms with E-state index in [1.165, 1.54) is 11.8 Å². The number of tetrazole rings is 1. The molecule has 0 radical (unpaired) electrons. The van der Waals surface area contributed by atoms with Crippen molar-refractivity contribution in [2.45, 2.75) is 54.6 Å². The molecule has 4 rings (SSSR count). The molecule has 1 aromatic heterocycles. The van der Waals surface area contributed by atoms with E-state index in [2.05, 4.69) is 30.8 Å². The van der Waals surface area contributed by atoms with E-state index in [0.29, 0.717) is 42.3 Å². The number of hydrogen-bond acceptors (Lipinski definition) is 8. The first kappa shape index (κ1) is 19.6. The minimum absolute atomic E-state index is 0.141. The number of carboxylic acid groups (broad SMARTS) is 2. The van der Waals surface area contributed by atoms with Gasteiger partial charge < -0.3 is 15.5 Å². The van der Waals surface area contributed by atoms with Crippen LogP contribution in [0.5, 0.6) is 0 Å². The molecule has 3 aliphatic rings. The molecule has 3 heterocycles. The highest BCUT2D eigenvalue weighted by Gasteiger charge is 2.42. The molecule has 10 nitrogen and oxygen atoms in total. The van der Waals surface area contributed by atoms with Crippen LogP contribution >= 0.6 is 11.8 Å². The van der Waals surface area contributed by atoms with Crippen LogP contribution in [0.1, 0.15) is 32.1 Å². The lowest BCUT2D eigenvalue weighted by Crippen LogP contribution is -2.50. The molecule has 2 saturated heterocycles. The van der Waals surface area contributed by atoms with Crippen LogP contribution < -0.4 is 5.32 Å². The Morgan fingerprint density at radius 1 is 1.14 bits per heavy atom. The van der Waals surface area contributed by atoms with E-state index in [-0.39, 0.29) is 5.25 Å². The predicted molar refractivity (Wildman–Crippen MR) is 99.8 cm³/mol. The van der Waals surface area contributed by atoms with Gasteiger partial charge in [-0.3, -0.25) is 14.5 Å². The van der Waals surface area contributed by atoms with Gasteiger partial charge >= 0.3 is 11.9 Å². The van der Waals surface area contributed by atoms with Crippen LogP contribution in [0.2, 0.25) is 0 Å². The summed E-state index contributed by atoms with van der Waals surface area (Å²) in [5, 5.41) is 36.6. The van der Waals surface area contributed by atoms with E-state index in [0.717, 1.165) is 32.4 Å². The van der Waals surface area contributed by atoms with Crippen LogP contribution in [-0.4, -0.2) is 84.6 Å². The Kier molecular flexibility index (Phi) is 5.83. The van der Waals surface area contributed by atoms with Gasteiger partial charge in [0.05, 0.1) is 0 Å². The number of nitrogens with one attached hydrogen (secondary N) is 2. The van der Waals surface area contributed by atoms with Crippen LogP contribution in [0.15, 0.2) is 5.16 Å². The summed E-state index contributed by atoms with van der Waals surface area (Å²) in [7, 11) is 0. The second kappa shape index (κ2) is 8.34. The Bertz CT molecular complexity index is 704. The van der Waals surface area contributed by atoms with Crippen LogP contribution in [-0.2, 0) is 9.59 Å². The minimum Gasteiger partial charge on any atom is -0.480 e. The van der Waals surface area contributed by atoms with Crippen LogP contribution in [0.25, 0.3) is 0 Å². The van der Waals surface area contributed by atoms with Gasteiger partial charge in [0.15, 0.2) is 0 Å². The minimum atomic E-state index is -0.778. The number of carbonyl (C=O) groups is 2. The summed E-state index contributed by atoms with van der Waals surface area (Å²) in [6.07, 6.45) is 4.40. The van der Waals surface area contributed by atoms with E-state index in [1.54, 1.807) is 0 Å². The van der Waals surface area contributed by atoms with E-state index in [9.17, 15) is 19.8 Å². The summed E-state index contributed by atoms with van der Waals surface area (Å²) in [5.41, 5.74) is 0. The molecule has 0 amide bonds. The molecular weight excluding hydrogens is 384 g/mol. The van der Waals surface area contributed by atoms with Crippen LogP contribution in [0, 0.1) is 17.8 Å². The Balaban J connectivity index is 1.35. The molecule has 0 spiro atoms. The number of carboxylic acids is 2. The Hall–Kier alpha value is -1.72. The first-order valence-corrected chi connectivity index (χ1v) is 10.7. The highest BCUT2D eigenvalue weighted by molar-refractivity contribution is 7.99. The van der Waals surface area contributed by atoms with E-state index in [4.69, 9.17) is 0 Å². The van der Waals surface area contributed by atoms with Crippen molar-refractivity contribution in [3.63, 3.8) is 0 Å². The molecule has 4 unspecified atom stereocenters. The zero-order valence-electron chi connectivity index (χ0n) is 15.5. The number of rotatable bonds is 6. The Morgan fingerprint density at radius 3 is 2.71 bits per heavy atom. The van der Waals surface area contributed by atoms with Gasteiger partial charge in [-0.25, -0.2) is 5.10 Å². The monoisotopic (exact) mass is 410 g/mol. The van der Waals surface area contributed by atoms with Gasteiger partial charge in [-0.2, -0.15) is 0 Å². The lowest BCUT2D eigenvalue weighted by atomic mass is 9.69. The predicted octanol–water partition coefficient (Wildman–Crippen LogP) is 0.298. The number of aromatic nitrogens is 4. The lowest BCUT2D eigenvalue weighted by Gasteiger charge is -2.42. The van der Waals surface area contributed by atoms with E-state index in [1.807, 2.05) is 0 Å². The molecule has 154 valence electrons. The molecule has 0 aromatic carbocycles. The molecule has 3 fully saturated rings. The number of nitrogens with zero attached hydrogens (tertiary/aromatic N) is 4. The summed E-state index contributed by atoms with van der Waals surface area (Å²) >= 11 is 1.50. The van der Waals surface area contributed by atoms with Crippen molar-refractivity contribution < 1.29 is 19.8 Å². The van der Waals surface area contributed by atoms with Crippen molar-refractivity contribution in [3.05, 3.63) is 0 Å². The van der Waals surface area contributed by atoms with Gasteiger partial charge in [-0.1, -0.05) is 11.8 Å². The van der Waals surface area contributed by atoms with Crippen molar-refractivity contribution in [3.8, 4) is 0 Å². The van der Waals surface area contributed by atoms with Crippen LogP contribution in [0.4, 0.5) is 0 Å². The SMILES string of the molecule is O=C(O)C1CC2CC(CN3C[C@@H](Sc4nnn[nH]4)C[C@H]3C(=O)O)CCC2CN1. The maximum absolute atomic E-state index is 11.8. The molecule has 4 N–H and O–H groups in total. The van der Waals surface area contributed by atoms with Crippen molar-refractivity contribution in [2.24, 2.45) is 17.8 Å². The molecule has 2 aliphatic heterocycles. The van der Waals surface area contributed by atoms with E-state index >= 15 is 0 Å². The van der Waals surface area contributed by atoms with Gasteiger partial charge in [0.1, 0.15) is 12.1 Å². The summed E-state index contributed by atoms with van der Waals surface area (Å²) in [6, 6.07) is -0.930. The fourth-order valence-electron chi connectivity index (χ4n) is 5.11. The van der Waals surface area contributed by atoms with Crippen LogP contribution in [0.3, 0.4) is 0 Å². The molecule has 11 heteroatoms. The van der Waals surface area contributed by atoms with Crippen molar-refractivity contribution in [2.75, 3.05) is 19.6 Å². The number of thioether (sulfide) groups is 1. The Labute approximate surface area is 166 Å². The number of piperidine rings is 1. The topological polar surface area (TPSA) is 144 Å². The molecule has 28 heavy (non-hydrogen) atoms. The maximum atomic E-state index is 11.8. The molecule has 1 aromatic rings. The molecule has 0 bridgehead atoms.